The highest BCUT2D eigenvalue weighted by Gasteiger charge is 2.41. The molecule has 3 heterocycles. The van der Waals surface area contributed by atoms with Crippen molar-refractivity contribution >= 4 is 38.6 Å². The number of nitrogens with two attached hydrogens (primary N) is 1. The Labute approximate surface area is 239 Å². The van der Waals surface area contributed by atoms with E-state index in [1.807, 2.05) is 42.5 Å². The van der Waals surface area contributed by atoms with Crippen molar-refractivity contribution in [3.05, 3.63) is 151 Å². The third kappa shape index (κ3) is 3.91. The van der Waals surface area contributed by atoms with Crippen LogP contribution in [0.1, 0.15) is 36.4 Å². The van der Waals surface area contributed by atoms with Crippen molar-refractivity contribution in [1.82, 2.24) is 14.5 Å². The van der Waals surface area contributed by atoms with Crippen LogP contribution in [0.5, 0.6) is 0 Å². The van der Waals surface area contributed by atoms with Crippen molar-refractivity contribution in [2.24, 2.45) is 5.73 Å². The van der Waals surface area contributed by atoms with Gasteiger partial charge in [0, 0.05) is 34.5 Å². The lowest BCUT2D eigenvalue weighted by Gasteiger charge is -2.21. The van der Waals surface area contributed by atoms with Crippen molar-refractivity contribution < 1.29 is 0 Å². The summed E-state index contributed by atoms with van der Waals surface area (Å²) in [5.41, 5.74) is 16.5. The van der Waals surface area contributed by atoms with E-state index in [-0.39, 0.29) is 5.41 Å². The molecule has 0 spiro atoms. The summed E-state index contributed by atoms with van der Waals surface area (Å²) in [5, 5.41) is 3.72. The molecule has 0 bridgehead atoms. The standard InChI is InChI=1S/C37H30N4/c1-24(31-16-8-10-20-39-31)22-26(23-30(38)32-17-9-11-21-40-32)41-33-19-18-25-12-4-5-13-27(25)34(33)35-36(41)28-14-6-7-15-29(28)37(35,2)3/h4-23H,1,38H2,2-3H3/b26-22+,30-23-. The van der Waals surface area contributed by atoms with Gasteiger partial charge in [0.05, 0.1) is 28.3 Å². The lowest BCUT2D eigenvalue weighted by atomic mass is 9.81. The number of fused-ring (bicyclic) bond motifs is 7. The minimum atomic E-state index is -0.196. The molecule has 3 aromatic carbocycles. The fourth-order valence-electron chi connectivity index (χ4n) is 6.30. The van der Waals surface area contributed by atoms with E-state index >= 15 is 0 Å². The summed E-state index contributed by atoms with van der Waals surface area (Å²) in [4.78, 5) is 9.09. The molecular weight excluding hydrogens is 500 g/mol. The Morgan fingerprint density at radius 2 is 1.46 bits per heavy atom. The van der Waals surface area contributed by atoms with Gasteiger partial charge in [-0.25, -0.2) is 0 Å². The van der Waals surface area contributed by atoms with Crippen LogP contribution < -0.4 is 5.73 Å². The molecule has 0 radical (unpaired) electrons. The molecule has 3 aromatic heterocycles. The fraction of sp³-hybridized carbons (Fsp3) is 0.0811. The first-order chi connectivity index (χ1) is 19.9. The minimum absolute atomic E-state index is 0.196. The van der Waals surface area contributed by atoms with E-state index < -0.39 is 0 Å². The number of rotatable bonds is 5. The van der Waals surface area contributed by atoms with Crippen LogP contribution in [0.2, 0.25) is 0 Å². The highest BCUT2D eigenvalue weighted by molar-refractivity contribution is 6.14. The number of aromatic nitrogens is 3. The first kappa shape index (κ1) is 24.8. The van der Waals surface area contributed by atoms with E-state index in [1.165, 1.54) is 38.5 Å². The average Bonchev–Trinajstić information content (AvgIpc) is 3.48. The third-order valence-corrected chi connectivity index (χ3v) is 8.18. The maximum atomic E-state index is 6.74. The van der Waals surface area contributed by atoms with Crippen LogP contribution in [-0.4, -0.2) is 14.5 Å². The number of hydrogen-bond donors (Lipinski definition) is 1. The molecule has 0 saturated carbocycles. The molecule has 41 heavy (non-hydrogen) atoms. The number of pyridine rings is 2. The van der Waals surface area contributed by atoms with Crippen LogP contribution >= 0.6 is 0 Å². The lowest BCUT2D eigenvalue weighted by molar-refractivity contribution is 0.666. The zero-order valence-corrected chi connectivity index (χ0v) is 23.2. The van der Waals surface area contributed by atoms with Gasteiger partial charge >= 0.3 is 0 Å². The zero-order valence-electron chi connectivity index (χ0n) is 23.2. The van der Waals surface area contributed by atoms with Crippen LogP contribution in [0.25, 0.3) is 49.9 Å². The highest BCUT2D eigenvalue weighted by Crippen LogP contribution is 2.55. The largest absolute Gasteiger partial charge is 0.397 e. The predicted octanol–water partition coefficient (Wildman–Crippen LogP) is 8.44. The van der Waals surface area contributed by atoms with Crippen molar-refractivity contribution in [1.29, 1.82) is 0 Å². The lowest BCUT2D eigenvalue weighted by Crippen LogP contribution is -2.14. The highest BCUT2D eigenvalue weighted by atomic mass is 15.0. The van der Waals surface area contributed by atoms with Gasteiger partial charge in [0.1, 0.15) is 0 Å². The summed E-state index contributed by atoms with van der Waals surface area (Å²) < 4.78 is 2.36. The van der Waals surface area contributed by atoms with Crippen molar-refractivity contribution in [3.8, 4) is 11.3 Å². The van der Waals surface area contributed by atoms with Crippen LogP contribution in [0.15, 0.2) is 128 Å². The Bertz CT molecular complexity index is 2030. The molecule has 0 amide bonds. The van der Waals surface area contributed by atoms with Crippen molar-refractivity contribution in [2.45, 2.75) is 19.3 Å². The second kappa shape index (κ2) is 9.46. The summed E-state index contributed by atoms with van der Waals surface area (Å²) in [5.74, 6) is 0. The average molecular weight is 531 g/mol. The number of hydrogen-bond acceptors (Lipinski definition) is 3. The molecule has 1 aliphatic carbocycles. The third-order valence-electron chi connectivity index (χ3n) is 8.18. The molecule has 0 aliphatic heterocycles. The summed E-state index contributed by atoms with van der Waals surface area (Å²) >= 11 is 0. The maximum absolute atomic E-state index is 6.74. The van der Waals surface area contributed by atoms with Gasteiger partial charge in [-0.15, -0.1) is 0 Å². The number of nitrogens with zero attached hydrogens (tertiary/aromatic N) is 3. The first-order valence-electron chi connectivity index (χ1n) is 13.8. The Kier molecular flexibility index (Phi) is 5.72. The van der Waals surface area contributed by atoms with Gasteiger partial charge in [-0.1, -0.05) is 87.2 Å². The van der Waals surface area contributed by atoms with Gasteiger partial charge in [-0.05, 0) is 70.0 Å². The molecular formula is C37H30N4. The summed E-state index contributed by atoms with van der Waals surface area (Å²) in [6.07, 6.45) is 7.65. The molecule has 0 saturated heterocycles. The molecule has 0 atom stereocenters. The quantitative estimate of drug-likeness (QED) is 0.228. The first-order valence-corrected chi connectivity index (χ1v) is 13.8. The van der Waals surface area contributed by atoms with Gasteiger partial charge in [0.2, 0.25) is 0 Å². The zero-order chi connectivity index (χ0) is 28.1. The van der Waals surface area contributed by atoms with Gasteiger partial charge in [-0.2, -0.15) is 0 Å². The molecule has 198 valence electrons. The van der Waals surface area contributed by atoms with Crippen molar-refractivity contribution in [3.63, 3.8) is 0 Å². The maximum Gasteiger partial charge on any atom is 0.0859 e. The van der Waals surface area contributed by atoms with Crippen LogP contribution in [-0.2, 0) is 5.41 Å². The van der Waals surface area contributed by atoms with Gasteiger partial charge in [-0.3, -0.25) is 9.97 Å². The van der Waals surface area contributed by atoms with Crippen LogP contribution in [0, 0.1) is 0 Å². The Balaban J connectivity index is 1.61. The Morgan fingerprint density at radius 1 is 0.780 bits per heavy atom. The van der Waals surface area contributed by atoms with Crippen LogP contribution in [0.3, 0.4) is 0 Å². The molecule has 4 heteroatoms. The Morgan fingerprint density at radius 3 is 2.22 bits per heavy atom. The number of benzene rings is 3. The normalized spacial score (nSPS) is 14.3. The minimum Gasteiger partial charge on any atom is -0.397 e. The topological polar surface area (TPSA) is 56.7 Å². The van der Waals surface area contributed by atoms with Crippen molar-refractivity contribution in [2.75, 3.05) is 0 Å². The summed E-state index contributed by atoms with van der Waals surface area (Å²) in [7, 11) is 0. The summed E-state index contributed by atoms with van der Waals surface area (Å²) in [6, 6.07) is 33.5. The van der Waals surface area contributed by atoms with E-state index in [0.29, 0.717) is 5.70 Å². The van der Waals surface area contributed by atoms with E-state index in [4.69, 9.17) is 5.73 Å². The summed E-state index contributed by atoms with van der Waals surface area (Å²) in [6.45, 7) is 9.07. The second-order valence-electron chi connectivity index (χ2n) is 11.0. The monoisotopic (exact) mass is 530 g/mol. The Hall–Kier alpha value is -5.22. The smallest absolute Gasteiger partial charge is 0.0859 e. The molecule has 1 aliphatic rings. The van der Waals surface area contributed by atoms with Gasteiger partial charge in [0.15, 0.2) is 0 Å². The van der Waals surface area contributed by atoms with Gasteiger partial charge < -0.3 is 10.3 Å². The molecule has 7 rings (SSSR count). The number of allylic oxidation sites excluding steroid dienone is 4. The van der Waals surface area contributed by atoms with E-state index in [1.54, 1.807) is 12.4 Å². The molecule has 0 unspecified atom stereocenters. The van der Waals surface area contributed by atoms with Crippen LogP contribution in [0.4, 0.5) is 0 Å². The fourth-order valence-corrected chi connectivity index (χ4v) is 6.30. The second-order valence-corrected chi connectivity index (χ2v) is 11.0. The molecule has 6 aromatic rings. The predicted molar refractivity (Wildman–Crippen MR) is 171 cm³/mol. The van der Waals surface area contributed by atoms with E-state index in [2.05, 4.69) is 102 Å². The van der Waals surface area contributed by atoms with Gasteiger partial charge in [0.25, 0.3) is 0 Å². The van der Waals surface area contributed by atoms with E-state index in [9.17, 15) is 0 Å². The van der Waals surface area contributed by atoms with E-state index in [0.717, 1.165) is 28.2 Å². The molecule has 2 N–H and O–H groups in total. The SMILES string of the molecule is C=C(/C=C(\C=C(/N)c1ccccn1)n1c2c(c3c4ccccc4ccc31)C(C)(C)c1ccccc1-2)c1ccccn1. The molecule has 4 nitrogen and oxygen atoms in total. The molecule has 0 fully saturated rings.